The monoisotopic (exact) mass is 329 g/mol. The maximum absolute atomic E-state index is 12.9. The lowest BCUT2D eigenvalue weighted by Gasteiger charge is -2.41. The number of likely N-dealkylation sites (tertiary alicyclic amines) is 2. The summed E-state index contributed by atoms with van der Waals surface area (Å²) in [5.41, 5.74) is 7.29. The van der Waals surface area contributed by atoms with E-state index < -0.39 is 0 Å². The number of rotatable bonds is 4. The largest absolute Gasteiger partial charge is 0.338 e. The summed E-state index contributed by atoms with van der Waals surface area (Å²) in [6.07, 6.45) is 4.15. The molecule has 2 saturated heterocycles. The SMILES string of the molecule is CC1CCN(C(=O)C2CCN(Cc3ccccc3)CC2)C(CN)C1. The minimum absolute atomic E-state index is 0.194. The van der Waals surface area contributed by atoms with Crippen molar-refractivity contribution in [2.24, 2.45) is 17.6 Å². The lowest BCUT2D eigenvalue weighted by molar-refractivity contribution is -0.141. The molecule has 1 amide bonds. The van der Waals surface area contributed by atoms with Crippen LogP contribution in [-0.2, 0) is 11.3 Å². The number of nitrogens with two attached hydrogens (primary N) is 1. The molecule has 2 unspecified atom stereocenters. The molecule has 1 aromatic carbocycles. The van der Waals surface area contributed by atoms with Gasteiger partial charge in [-0.05, 0) is 50.3 Å². The summed E-state index contributed by atoms with van der Waals surface area (Å²) >= 11 is 0. The van der Waals surface area contributed by atoms with Crippen molar-refractivity contribution in [1.29, 1.82) is 0 Å². The third-order valence-corrected chi connectivity index (χ3v) is 5.72. The van der Waals surface area contributed by atoms with Crippen molar-refractivity contribution in [3.8, 4) is 0 Å². The Bertz CT molecular complexity index is 525. The summed E-state index contributed by atoms with van der Waals surface area (Å²) in [5.74, 6) is 1.24. The summed E-state index contributed by atoms with van der Waals surface area (Å²) < 4.78 is 0. The second kappa shape index (κ2) is 8.13. The third kappa shape index (κ3) is 4.17. The molecule has 2 heterocycles. The molecule has 2 fully saturated rings. The minimum atomic E-state index is 0.194. The van der Waals surface area contributed by atoms with Gasteiger partial charge in [-0.3, -0.25) is 9.69 Å². The number of piperidine rings is 2. The molecule has 4 heteroatoms. The van der Waals surface area contributed by atoms with Crippen LogP contribution in [0.1, 0.15) is 38.2 Å². The summed E-state index contributed by atoms with van der Waals surface area (Å²) in [7, 11) is 0. The predicted octanol–water partition coefficient (Wildman–Crippen LogP) is 2.48. The van der Waals surface area contributed by atoms with Crippen LogP contribution in [0, 0.1) is 11.8 Å². The van der Waals surface area contributed by atoms with Gasteiger partial charge in [-0.25, -0.2) is 0 Å². The molecule has 24 heavy (non-hydrogen) atoms. The molecular formula is C20H31N3O. The average Bonchev–Trinajstić information content (AvgIpc) is 2.62. The Balaban J connectivity index is 1.51. The fourth-order valence-corrected chi connectivity index (χ4v) is 4.18. The zero-order valence-electron chi connectivity index (χ0n) is 14.9. The molecule has 2 aliphatic rings. The lowest BCUT2D eigenvalue weighted by atomic mass is 9.89. The van der Waals surface area contributed by atoms with Crippen molar-refractivity contribution in [3.63, 3.8) is 0 Å². The van der Waals surface area contributed by atoms with Crippen LogP contribution in [0.25, 0.3) is 0 Å². The maximum Gasteiger partial charge on any atom is 0.226 e. The van der Waals surface area contributed by atoms with Gasteiger partial charge in [-0.2, -0.15) is 0 Å². The van der Waals surface area contributed by atoms with Gasteiger partial charge in [-0.15, -0.1) is 0 Å². The first kappa shape index (κ1) is 17.4. The third-order valence-electron chi connectivity index (χ3n) is 5.72. The van der Waals surface area contributed by atoms with Gasteiger partial charge >= 0.3 is 0 Å². The highest BCUT2D eigenvalue weighted by molar-refractivity contribution is 5.79. The lowest BCUT2D eigenvalue weighted by Crippen LogP contribution is -2.52. The Hall–Kier alpha value is -1.39. The van der Waals surface area contributed by atoms with E-state index in [1.54, 1.807) is 0 Å². The van der Waals surface area contributed by atoms with Crippen LogP contribution in [0.3, 0.4) is 0 Å². The van der Waals surface area contributed by atoms with Crippen molar-refractivity contribution < 1.29 is 4.79 Å². The highest BCUT2D eigenvalue weighted by atomic mass is 16.2. The Morgan fingerprint density at radius 3 is 2.50 bits per heavy atom. The molecule has 132 valence electrons. The number of hydrogen-bond donors (Lipinski definition) is 1. The van der Waals surface area contributed by atoms with Crippen LogP contribution < -0.4 is 5.73 Å². The topological polar surface area (TPSA) is 49.6 Å². The van der Waals surface area contributed by atoms with E-state index in [0.29, 0.717) is 18.4 Å². The van der Waals surface area contributed by atoms with E-state index in [9.17, 15) is 4.79 Å². The van der Waals surface area contributed by atoms with Gasteiger partial charge in [-0.1, -0.05) is 37.3 Å². The molecule has 0 aliphatic carbocycles. The number of benzene rings is 1. The first-order valence-corrected chi connectivity index (χ1v) is 9.44. The normalized spacial score (nSPS) is 26.5. The van der Waals surface area contributed by atoms with Crippen LogP contribution in [0.2, 0.25) is 0 Å². The number of nitrogens with zero attached hydrogens (tertiary/aromatic N) is 2. The van der Waals surface area contributed by atoms with Crippen LogP contribution in [0.4, 0.5) is 0 Å². The zero-order chi connectivity index (χ0) is 16.9. The molecule has 0 aromatic heterocycles. The second-order valence-electron chi connectivity index (χ2n) is 7.59. The van der Waals surface area contributed by atoms with Gasteiger partial charge in [0.2, 0.25) is 5.91 Å². The first-order chi connectivity index (χ1) is 11.7. The quantitative estimate of drug-likeness (QED) is 0.923. The molecule has 2 N–H and O–H groups in total. The van der Waals surface area contributed by atoms with E-state index in [4.69, 9.17) is 5.73 Å². The van der Waals surface area contributed by atoms with Crippen molar-refractivity contribution in [3.05, 3.63) is 35.9 Å². The number of carbonyl (C=O) groups is 1. The van der Waals surface area contributed by atoms with Crippen LogP contribution in [0.5, 0.6) is 0 Å². The molecule has 3 rings (SSSR count). The number of hydrogen-bond acceptors (Lipinski definition) is 3. The first-order valence-electron chi connectivity index (χ1n) is 9.44. The van der Waals surface area contributed by atoms with Crippen molar-refractivity contribution >= 4 is 5.91 Å². The van der Waals surface area contributed by atoms with E-state index in [1.807, 2.05) is 0 Å². The molecule has 2 aliphatic heterocycles. The van der Waals surface area contributed by atoms with E-state index in [2.05, 4.69) is 47.1 Å². The zero-order valence-corrected chi connectivity index (χ0v) is 14.9. The highest BCUT2D eigenvalue weighted by Gasteiger charge is 2.34. The van der Waals surface area contributed by atoms with Gasteiger partial charge in [0.05, 0.1) is 0 Å². The molecule has 4 nitrogen and oxygen atoms in total. The van der Waals surface area contributed by atoms with Crippen molar-refractivity contribution in [2.45, 2.75) is 45.2 Å². The molecule has 2 atom stereocenters. The van der Waals surface area contributed by atoms with Gasteiger partial charge in [0, 0.05) is 31.6 Å². The summed E-state index contributed by atoms with van der Waals surface area (Å²) in [6, 6.07) is 10.9. The van der Waals surface area contributed by atoms with Crippen LogP contribution in [0.15, 0.2) is 30.3 Å². The van der Waals surface area contributed by atoms with Gasteiger partial charge < -0.3 is 10.6 Å². The van der Waals surface area contributed by atoms with E-state index in [1.165, 1.54) is 5.56 Å². The Labute approximate surface area is 146 Å². The Morgan fingerprint density at radius 1 is 1.12 bits per heavy atom. The molecular weight excluding hydrogens is 298 g/mol. The van der Waals surface area contributed by atoms with Crippen molar-refractivity contribution in [2.75, 3.05) is 26.2 Å². The minimum Gasteiger partial charge on any atom is -0.338 e. The molecule has 0 spiro atoms. The van der Waals surface area contributed by atoms with Crippen molar-refractivity contribution in [1.82, 2.24) is 9.80 Å². The van der Waals surface area contributed by atoms with Gasteiger partial charge in [0.25, 0.3) is 0 Å². The summed E-state index contributed by atoms with van der Waals surface area (Å²) in [4.78, 5) is 17.5. The fraction of sp³-hybridized carbons (Fsp3) is 0.650. The molecule has 0 saturated carbocycles. The van der Waals surface area contributed by atoms with Crippen LogP contribution in [-0.4, -0.2) is 47.9 Å². The number of carbonyl (C=O) groups excluding carboxylic acids is 1. The standard InChI is InChI=1S/C20H31N3O/c1-16-7-12-23(19(13-16)14-21)20(24)18-8-10-22(11-9-18)15-17-5-3-2-4-6-17/h2-6,16,18-19H,7-15,21H2,1H3. The summed E-state index contributed by atoms with van der Waals surface area (Å²) in [6.45, 7) is 6.79. The van der Waals surface area contributed by atoms with E-state index >= 15 is 0 Å². The molecule has 0 radical (unpaired) electrons. The smallest absolute Gasteiger partial charge is 0.226 e. The Morgan fingerprint density at radius 2 is 1.83 bits per heavy atom. The van der Waals surface area contributed by atoms with E-state index in [-0.39, 0.29) is 12.0 Å². The van der Waals surface area contributed by atoms with Crippen LogP contribution >= 0.6 is 0 Å². The average molecular weight is 329 g/mol. The molecule has 1 aromatic rings. The summed E-state index contributed by atoms with van der Waals surface area (Å²) in [5, 5.41) is 0. The highest BCUT2D eigenvalue weighted by Crippen LogP contribution is 2.27. The maximum atomic E-state index is 12.9. The predicted molar refractivity (Wildman–Crippen MR) is 97.4 cm³/mol. The second-order valence-corrected chi connectivity index (χ2v) is 7.59. The number of amides is 1. The van der Waals surface area contributed by atoms with Gasteiger partial charge in [0.15, 0.2) is 0 Å². The Kier molecular flexibility index (Phi) is 5.90. The van der Waals surface area contributed by atoms with E-state index in [0.717, 1.165) is 51.9 Å². The van der Waals surface area contributed by atoms with Gasteiger partial charge in [0.1, 0.15) is 0 Å². The fourth-order valence-electron chi connectivity index (χ4n) is 4.18. The molecule has 0 bridgehead atoms.